The fourth-order valence-corrected chi connectivity index (χ4v) is 4.03. The van der Waals surface area contributed by atoms with Gasteiger partial charge in [-0.05, 0) is 18.9 Å². The number of hydrogen-bond acceptors (Lipinski definition) is 6. The van der Waals surface area contributed by atoms with Gasteiger partial charge in [-0.3, -0.25) is 4.79 Å². The van der Waals surface area contributed by atoms with E-state index in [-0.39, 0.29) is 35.2 Å². The van der Waals surface area contributed by atoms with Crippen LogP contribution in [0.5, 0.6) is 0 Å². The van der Waals surface area contributed by atoms with Crippen LogP contribution in [0.1, 0.15) is 29.2 Å². The highest BCUT2D eigenvalue weighted by atomic mass is 35.5. The molecule has 8 nitrogen and oxygen atoms in total. The van der Waals surface area contributed by atoms with Gasteiger partial charge in [0.2, 0.25) is 5.43 Å². The molecule has 1 saturated heterocycles. The lowest BCUT2D eigenvalue weighted by atomic mass is 10.1. The summed E-state index contributed by atoms with van der Waals surface area (Å²) in [7, 11) is 1.40. The number of carboxylic acids is 1. The van der Waals surface area contributed by atoms with Gasteiger partial charge in [0.25, 0.3) is 0 Å². The zero-order chi connectivity index (χ0) is 20.2. The van der Waals surface area contributed by atoms with Crippen molar-refractivity contribution in [1.29, 1.82) is 0 Å². The molecule has 0 radical (unpaired) electrons. The first-order chi connectivity index (χ1) is 13.3. The lowest BCUT2D eigenvalue weighted by molar-refractivity contribution is 0.0695. The van der Waals surface area contributed by atoms with Crippen molar-refractivity contribution in [2.75, 3.05) is 25.1 Å². The molecule has 1 aromatic heterocycles. The largest absolute Gasteiger partial charge is 0.477 e. The third kappa shape index (κ3) is 2.91. The van der Waals surface area contributed by atoms with E-state index in [1.807, 2.05) is 0 Å². The molecule has 2 aliphatic rings. The zero-order valence-corrected chi connectivity index (χ0v) is 15.7. The average Bonchev–Trinajstić information content (AvgIpc) is 3.41. The SMILES string of the molecule is CO/N=C1/CN(c2c(F)cc3c(=O)c(C(=O)O)cn(C4CC4)c3c2Cl)C[C@H]1N. The second kappa shape index (κ2) is 6.75. The summed E-state index contributed by atoms with van der Waals surface area (Å²) in [6.07, 6.45) is 2.96. The summed E-state index contributed by atoms with van der Waals surface area (Å²) in [4.78, 5) is 30.5. The molecule has 4 rings (SSSR count). The zero-order valence-electron chi connectivity index (χ0n) is 15.0. The van der Waals surface area contributed by atoms with E-state index in [0.717, 1.165) is 18.9 Å². The Balaban J connectivity index is 1.95. The van der Waals surface area contributed by atoms with Gasteiger partial charge in [0, 0.05) is 18.8 Å². The maximum atomic E-state index is 15.0. The van der Waals surface area contributed by atoms with Gasteiger partial charge in [0.15, 0.2) is 0 Å². The van der Waals surface area contributed by atoms with Crippen LogP contribution >= 0.6 is 11.6 Å². The van der Waals surface area contributed by atoms with Crippen molar-refractivity contribution in [2.45, 2.75) is 24.9 Å². The lowest BCUT2D eigenvalue weighted by Crippen LogP contribution is -2.30. The maximum absolute atomic E-state index is 15.0. The number of carboxylic acid groups (broad SMARTS) is 1. The van der Waals surface area contributed by atoms with E-state index in [0.29, 0.717) is 11.2 Å². The quantitative estimate of drug-likeness (QED) is 0.748. The van der Waals surface area contributed by atoms with Crippen LogP contribution in [0.25, 0.3) is 10.9 Å². The average molecular weight is 409 g/mol. The fourth-order valence-electron chi connectivity index (χ4n) is 3.62. The molecule has 2 fully saturated rings. The van der Waals surface area contributed by atoms with Crippen molar-refractivity contribution in [3.05, 3.63) is 38.9 Å². The Morgan fingerprint density at radius 2 is 2.18 bits per heavy atom. The van der Waals surface area contributed by atoms with E-state index in [4.69, 9.17) is 22.2 Å². The number of benzene rings is 1. The van der Waals surface area contributed by atoms with E-state index in [1.165, 1.54) is 13.3 Å². The number of aromatic nitrogens is 1. The van der Waals surface area contributed by atoms with Crippen molar-refractivity contribution in [3.63, 3.8) is 0 Å². The Morgan fingerprint density at radius 1 is 1.46 bits per heavy atom. The van der Waals surface area contributed by atoms with Crippen LogP contribution in [0.4, 0.5) is 10.1 Å². The number of anilines is 1. The first kappa shape index (κ1) is 18.7. The summed E-state index contributed by atoms with van der Waals surface area (Å²) in [6.45, 7) is 0.517. The summed E-state index contributed by atoms with van der Waals surface area (Å²) in [5.74, 6) is -2.07. The monoisotopic (exact) mass is 408 g/mol. The first-order valence-corrected chi connectivity index (χ1v) is 9.11. The number of nitrogens with two attached hydrogens (primary N) is 1. The van der Waals surface area contributed by atoms with Crippen LogP contribution < -0.4 is 16.1 Å². The Bertz CT molecular complexity index is 1080. The molecule has 2 aromatic rings. The normalized spacial score (nSPS) is 20.9. The van der Waals surface area contributed by atoms with Crippen LogP contribution in [0.3, 0.4) is 0 Å². The molecule has 10 heteroatoms. The predicted molar refractivity (Wildman–Crippen MR) is 103 cm³/mol. The van der Waals surface area contributed by atoms with Crippen molar-refractivity contribution in [1.82, 2.24) is 4.57 Å². The molecule has 1 aliphatic carbocycles. The van der Waals surface area contributed by atoms with Gasteiger partial charge in [-0.25, -0.2) is 9.18 Å². The molecule has 1 atom stereocenters. The fraction of sp³-hybridized carbons (Fsp3) is 0.389. The molecule has 1 aromatic carbocycles. The van der Waals surface area contributed by atoms with Crippen LogP contribution in [-0.2, 0) is 4.84 Å². The molecule has 28 heavy (non-hydrogen) atoms. The van der Waals surface area contributed by atoms with Gasteiger partial charge >= 0.3 is 5.97 Å². The minimum absolute atomic E-state index is 0.0310. The highest BCUT2D eigenvalue weighted by molar-refractivity contribution is 6.38. The van der Waals surface area contributed by atoms with E-state index < -0.39 is 28.8 Å². The summed E-state index contributed by atoms with van der Waals surface area (Å²) < 4.78 is 16.7. The number of halogens is 2. The van der Waals surface area contributed by atoms with Gasteiger partial charge in [0.1, 0.15) is 18.5 Å². The highest BCUT2D eigenvalue weighted by Gasteiger charge is 2.33. The number of rotatable bonds is 4. The van der Waals surface area contributed by atoms with Crippen molar-refractivity contribution in [3.8, 4) is 0 Å². The molecule has 0 bridgehead atoms. The second-order valence-corrected chi connectivity index (χ2v) is 7.36. The molecule has 1 saturated carbocycles. The number of carbonyl (C=O) groups is 1. The third-order valence-corrected chi connectivity index (χ3v) is 5.44. The van der Waals surface area contributed by atoms with Crippen LogP contribution in [0, 0.1) is 5.82 Å². The van der Waals surface area contributed by atoms with Crippen molar-refractivity contribution < 1.29 is 19.1 Å². The molecule has 0 amide bonds. The van der Waals surface area contributed by atoms with E-state index in [2.05, 4.69) is 5.16 Å². The summed E-state index contributed by atoms with van der Waals surface area (Å²) in [5, 5.41) is 13.2. The summed E-state index contributed by atoms with van der Waals surface area (Å²) in [5.41, 5.74) is 5.87. The number of nitrogens with zero attached hydrogens (tertiary/aromatic N) is 3. The Labute approximate surface area is 163 Å². The second-order valence-electron chi connectivity index (χ2n) is 6.98. The molecule has 148 valence electrons. The number of aromatic carboxylic acids is 1. The molecule has 0 spiro atoms. The molecule has 2 heterocycles. The highest BCUT2D eigenvalue weighted by Crippen LogP contribution is 2.42. The number of fused-ring (bicyclic) bond motifs is 1. The van der Waals surface area contributed by atoms with Crippen molar-refractivity contribution in [2.24, 2.45) is 10.9 Å². The first-order valence-electron chi connectivity index (χ1n) is 8.74. The van der Waals surface area contributed by atoms with Crippen LogP contribution in [0.2, 0.25) is 5.02 Å². The number of oxime groups is 1. The number of hydrogen-bond donors (Lipinski definition) is 2. The molecule has 1 aliphatic heterocycles. The smallest absolute Gasteiger partial charge is 0.341 e. The standard InChI is InChI=1S/C18H18ClFN4O4/c1-28-22-13-7-23(6-12(13)21)16-11(20)4-9-15(14(16)19)24(8-2-3-8)5-10(17(9)25)18(26)27/h4-5,8,12H,2-3,6-7,21H2,1H3,(H,26,27)/b22-13-/t12-/m1/s1. The Morgan fingerprint density at radius 3 is 2.79 bits per heavy atom. The molecule has 3 N–H and O–H groups in total. The summed E-state index contributed by atoms with van der Waals surface area (Å²) >= 11 is 6.58. The van der Waals surface area contributed by atoms with E-state index in [9.17, 15) is 19.1 Å². The lowest BCUT2D eigenvalue weighted by Gasteiger charge is -2.22. The molecule has 0 unspecified atom stereocenters. The van der Waals surface area contributed by atoms with E-state index in [1.54, 1.807) is 9.47 Å². The minimum atomic E-state index is -1.35. The summed E-state index contributed by atoms with van der Waals surface area (Å²) in [6, 6.07) is 0.649. The Kier molecular flexibility index (Phi) is 4.51. The van der Waals surface area contributed by atoms with Gasteiger partial charge in [0.05, 0.1) is 39.9 Å². The topological polar surface area (TPSA) is 110 Å². The third-order valence-electron chi connectivity index (χ3n) is 5.08. The van der Waals surface area contributed by atoms with Crippen LogP contribution in [0.15, 0.2) is 22.2 Å². The predicted octanol–water partition coefficient (Wildman–Crippen LogP) is 1.98. The molecular weight excluding hydrogens is 391 g/mol. The molecular formula is C18H18ClFN4O4. The van der Waals surface area contributed by atoms with Gasteiger partial charge in [-0.1, -0.05) is 16.8 Å². The minimum Gasteiger partial charge on any atom is -0.477 e. The van der Waals surface area contributed by atoms with Gasteiger partial charge < -0.3 is 25.1 Å². The number of pyridine rings is 1. The maximum Gasteiger partial charge on any atom is 0.341 e. The van der Waals surface area contributed by atoms with E-state index >= 15 is 0 Å². The Hall–Kier alpha value is -2.65. The van der Waals surface area contributed by atoms with Gasteiger partial charge in [-0.15, -0.1) is 0 Å². The van der Waals surface area contributed by atoms with Crippen LogP contribution in [-0.4, -0.2) is 47.6 Å². The van der Waals surface area contributed by atoms with Gasteiger partial charge in [-0.2, -0.15) is 0 Å². The van der Waals surface area contributed by atoms with Crippen molar-refractivity contribution >= 4 is 39.9 Å².